The lowest BCUT2D eigenvalue weighted by Crippen LogP contribution is -2.30. The zero-order valence-corrected chi connectivity index (χ0v) is 48.6. The fraction of sp³-hybridized carbons (Fsp3) is 0.641. The smallest absolute Gasteiger partial charge is 0.462 e. The van der Waals surface area contributed by atoms with Crippen LogP contribution < -0.4 is 0 Å². The number of hydrogen-bond donors (Lipinski definition) is 2. The maximum absolute atomic E-state index is 12.9. The van der Waals surface area contributed by atoms with E-state index in [1.54, 1.807) is 0 Å². The van der Waals surface area contributed by atoms with Crippen molar-refractivity contribution in [3.8, 4) is 0 Å². The first-order valence-corrected chi connectivity index (χ1v) is 30.9. The van der Waals surface area contributed by atoms with E-state index in [9.17, 15) is 28.9 Å². The number of phosphoric ester groups is 1. The van der Waals surface area contributed by atoms with Gasteiger partial charge in [-0.15, -0.1) is 0 Å². The van der Waals surface area contributed by atoms with E-state index >= 15 is 0 Å². The van der Waals surface area contributed by atoms with Gasteiger partial charge in [0.2, 0.25) is 0 Å². The predicted octanol–water partition coefficient (Wildman–Crippen LogP) is 17.6. The maximum Gasteiger partial charge on any atom is 0.472 e. The highest BCUT2D eigenvalue weighted by molar-refractivity contribution is 7.47. The minimum absolute atomic E-state index is 0.133. The molecule has 0 rings (SSSR count). The van der Waals surface area contributed by atoms with E-state index in [1.165, 1.54) is 19.3 Å². The number of allylic oxidation sites excluding steroid dienone is 20. The standard InChI is InChI=1S/C64H105O11P/c1-4-7-10-13-16-19-22-25-28-29-30-31-34-35-38-41-44-47-50-53-62(66)71-57-61(75-64(68)55-52-49-46-43-40-37-33-27-24-21-18-15-12-9-6-3)59-73-76(69,70)72-58-60(56-65)74-63(67)54-51-48-45-42-39-36-32-26-23-20-17-14-11-8-5-2/h7,9-10,12,16-21,25-28,30-33,35,38,60-61,65H,4-6,8,11,13-15,22-24,29,34,36-37,39-59H2,1-3H3,(H,69,70)/b10-7-,12-9-,19-16-,20-17-,21-18-,28-25-,31-30-,32-26-,33-27-,38-35-. The molecule has 0 aliphatic heterocycles. The van der Waals surface area contributed by atoms with Gasteiger partial charge < -0.3 is 24.2 Å². The Morgan fingerprint density at radius 3 is 1.07 bits per heavy atom. The molecule has 11 nitrogen and oxygen atoms in total. The van der Waals surface area contributed by atoms with Crippen LogP contribution in [0.15, 0.2) is 122 Å². The molecule has 0 aromatic carbocycles. The summed E-state index contributed by atoms with van der Waals surface area (Å²) >= 11 is 0. The number of aliphatic hydroxyl groups excluding tert-OH is 1. The topological polar surface area (TPSA) is 155 Å². The Morgan fingerprint density at radius 2 is 0.684 bits per heavy atom. The highest BCUT2D eigenvalue weighted by atomic mass is 31.2. The van der Waals surface area contributed by atoms with Crippen LogP contribution in [0.4, 0.5) is 0 Å². The maximum atomic E-state index is 12.9. The second kappa shape index (κ2) is 57.1. The van der Waals surface area contributed by atoms with Crippen molar-refractivity contribution < 1.29 is 52.2 Å². The monoisotopic (exact) mass is 1080 g/mol. The summed E-state index contributed by atoms with van der Waals surface area (Å²) < 4.78 is 39.5. The van der Waals surface area contributed by atoms with Gasteiger partial charge in [-0.05, 0) is 128 Å². The SMILES string of the molecule is CC/C=C\C/C=C\C/C=C\C/C=C\C/C=C\CCCCCC(=O)OCC(COP(=O)(O)OCC(CO)OC(=O)CCCCCCC/C=C\C/C=C\CCCCC)OC(=O)CCCCCCC/C=C\C/C=C\C/C=C\CC. The van der Waals surface area contributed by atoms with Crippen molar-refractivity contribution in [2.24, 2.45) is 0 Å². The summed E-state index contributed by atoms with van der Waals surface area (Å²) in [6, 6.07) is 0. The summed E-state index contributed by atoms with van der Waals surface area (Å²) in [7, 11) is -4.77. The highest BCUT2D eigenvalue weighted by Crippen LogP contribution is 2.43. The van der Waals surface area contributed by atoms with E-state index in [2.05, 4.69) is 142 Å². The van der Waals surface area contributed by atoms with E-state index in [1.807, 2.05) is 0 Å². The largest absolute Gasteiger partial charge is 0.472 e. The van der Waals surface area contributed by atoms with E-state index in [0.717, 1.165) is 148 Å². The Balaban J connectivity index is 4.82. The molecule has 0 bridgehead atoms. The molecule has 0 amide bonds. The molecule has 0 aromatic rings. The Hall–Kier alpha value is -4.12. The Kier molecular flexibility index (Phi) is 54.0. The van der Waals surface area contributed by atoms with Gasteiger partial charge in [0.15, 0.2) is 6.10 Å². The van der Waals surface area contributed by atoms with Crippen molar-refractivity contribution in [1.82, 2.24) is 0 Å². The van der Waals surface area contributed by atoms with Gasteiger partial charge in [-0.1, -0.05) is 200 Å². The number of unbranched alkanes of at least 4 members (excludes halogenated alkanes) is 16. The van der Waals surface area contributed by atoms with Crippen molar-refractivity contribution in [3.63, 3.8) is 0 Å². The number of carbonyl (C=O) groups excluding carboxylic acids is 3. The minimum atomic E-state index is -4.77. The lowest BCUT2D eigenvalue weighted by molar-refractivity contribution is -0.161. The van der Waals surface area contributed by atoms with Crippen LogP contribution in [0.2, 0.25) is 0 Å². The molecule has 0 fully saturated rings. The first-order chi connectivity index (χ1) is 37.2. The molecule has 0 aromatic heterocycles. The van der Waals surface area contributed by atoms with Crippen molar-refractivity contribution in [2.75, 3.05) is 26.4 Å². The molecule has 0 spiro atoms. The Labute approximate surface area is 462 Å². The highest BCUT2D eigenvalue weighted by Gasteiger charge is 2.28. The summed E-state index contributed by atoms with van der Waals surface area (Å²) in [5, 5.41) is 9.82. The van der Waals surface area contributed by atoms with E-state index in [-0.39, 0.29) is 25.9 Å². The lowest BCUT2D eigenvalue weighted by atomic mass is 10.1. The molecule has 0 radical (unpaired) electrons. The van der Waals surface area contributed by atoms with Gasteiger partial charge in [0.05, 0.1) is 19.8 Å². The molecule has 12 heteroatoms. The van der Waals surface area contributed by atoms with Gasteiger partial charge in [0.1, 0.15) is 12.7 Å². The molecular weight excluding hydrogens is 976 g/mol. The van der Waals surface area contributed by atoms with Gasteiger partial charge in [-0.2, -0.15) is 0 Å². The Bertz CT molecular complexity index is 1740. The van der Waals surface area contributed by atoms with Crippen LogP contribution in [-0.4, -0.2) is 66.5 Å². The third kappa shape index (κ3) is 54.7. The van der Waals surface area contributed by atoms with Crippen molar-refractivity contribution in [2.45, 2.75) is 238 Å². The summed E-state index contributed by atoms with van der Waals surface area (Å²) in [5.74, 6) is -1.55. The predicted molar refractivity (Wildman–Crippen MR) is 316 cm³/mol. The number of hydrogen-bond acceptors (Lipinski definition) is 10. The molecule has 2 N–H and O–H groups in total. The zero-order chi connectivity index (χ0) is 55.5. The second-order valence-corrected chi connectivity index (χ2v) is 20.5. The number of esters is 3. The molecule has 432 valence electrons. The van der Waals surface area contributed by atoms with E-state index in [4.69, 9.17) is 23.3 Å². The molecule has 3 atom stereocenters. The third-order valence-electron chi connectivity index (χ3n) is 11.8. The van der Waals surface area contributed by atoms with Gasteiger partial charge in [-0.25, -0.2) is 4.57 Å². The quantitative estimate of drug-likeness (QED) is 0.0197. The molecule has 76 heavy (non-hydrogen) atoms. The minimum Gasteiger partial charge on any atom is -0.462 e. The van der Waals surface area contributed by atoms with Crippen molar-refractivity contribution >= 4 is 25.7 Å². The molecule has 0 saturated carbocycles. The van der Waals surface area contributed by atoms with Crippen molar-refractivity contribution in [3.05, 3.63) is 122 Å². The Morgan fingerprint density at radius 1 is 0.382 bits per heavy atom. The third-order valence-corrected chi connectivity index (χ3v) is 12.8. The molecule has 0 aliphatic carbocycles. The number of rotatable bonds is 53. The number of ether oxygens (including phenoxy) is 3. The fourth-order valence-electron chi connectivity index (χ4n) is 7.43. The van der Waals surface area contributed by atoms with Gasteiger partial charge in [0.25, 0.3) is 0 Å². The zero-order valence-electron chi connectivity index (χ0n) is 47.7. The van der Waals surface area contributed by atoms with E-state index in [0.29, 0.717) is 19.3 Å². The number of aliphatic hydroxyl groups is 1. The molecule has 0 aliphatic rings. The molecule has 0 saturated heterocycles. The number of phosphoric acid groups is 1. The summed E-state index contributed by atoms with van der Waals surface area (Å²) in [6.07, 6.45) is 70.1. The summed E-state index contributed by atoms with van der Waals surface area (Å²) in [4.78, 5) is 48.6. The van der Waals surface area contributed by atoms with Crippen LogP contribution in [-0.2, 0) is 42.2 Å². The number of carbonyl (C=O) groups is 3. The fourth-order valence-corrected chi connectivity index (χ4v) is 8.21. The van der Waals surface area contributed by atoms with Gasteiger partial charge >= 0.3 is 25.7 Å². The van der Waals surface area contributed by atoms with Gasteiger partial charge in [0, 0.05) is 19.3 Å². The first-order valence-electron chi connectivity index (χ1n) is 29.4. The molecule has 0 heterocycles. The molecular formula is C64H105O11P. The van der Waals surface area contributed by atoms with Crippen LogP contribution in [0.1, 0.15) is 226 Å². The van der Waals surface area contributed by atoms with Crippen LogP contribution in [0, 0.1) is 0 Å². The first kappa shape index (κ1) is 71.9. The second-order valence-electron chi connectivity index (χ2n) is 19.0. The van der Waals surface area contributed by atoms with Crippen LogP contribution >= 0.6 is 7.82 Å². The van der Waals surface area contributed by atoms with Crippen LogP contribution in [0.3, 0.4) is 0 Å². The van der Waals surface area contributed by atoms with Crippen LogP contribution in [0.25, 0.3) is 0 Å². The summed E-state index contributed by atoms with van der Waals surface area (Å²) in [6.45, 7) is 4.31. The summed E-state index contributed by atoms with van der Waals surface area (Å²) in [5.41, 5.74) is 0. The average Bonchev–Trinajstić information content (AvgIpc) is 3.41. The van der Waals surface area contributed by atoms with Crippen LogP contribution in [0.5, 0.6) is 0 Å². The van der Waals surface area contributed by atoms with Crippen molar-refractivity contribution in [1.29, 1.82) is 0 Å². The molecule has 3 unspecified atom stereocenters. The lowest BCUT2D eigenvalue weighted by Gasteiger charge is -2.21. The van der Waals surface area contributed by atoms with E-state index < -0.39 is 57.8 Å². The van der Waals surface area contributed by atoms with Gasteiger partial charge in [-0.3, -0.25) is 23.4 Å². The normalized spacial score (nSPS) is 14.2. The average molecular weight is 1080 g/mol.